The van der Waals surface area contributed by atoms with Crippen LogP contribution in [0.25, 0.3) is 0 Å². The molecule has 184 valence electrons. The molecule has 0 radical (unpaired) electrons. The molecule has 4 rings (SSSR count). The van der Waals surface area contributed by atoms with Crippen molar-refractivity contribution in [1.82, 2.24) is 15.0 Å². The van der Waals surface area contributed by atoms with E-state index in [1.165, 1.54) is 0 Å². The number of hydrogen-bond acceptors (Lipinski definition) is 9. The van der Waals surface area contributed by atoms with Crippen molar-refractivity contribution in [2.75, 3.05) is 42.0 Å². The Labute approximate surface area is 209 Å². The Morgan fingerprint density at radius 3 is 1.58 bits per heavy atom. The van der Waals surface area contributed by atoms with Crippen LogP contribution in [0.4, 0.5) is 34.9 Å². The summed E-state index contributed by atoms with van der Waals surface area (Å²) in [6.45, 7) is 1.96. The number of ether oxygens (including phenoxy) is 2. The van der Waals surface area contributed by atoms with E-state index in [1.807, 2.05) is 79.7 Å². The van der Waals surface area contributed by atoms with Crippen LogP contribution in [0, 0.1) is 6.92 Å². The molecule has 0 spiro atoms. The fraction of sp³-hybridized carbons (Fsp3) is 0.154. The number of benzene rings is 3. The number of carbonyl (C=O) groups excluding carboxylic acids is 1. The highest BCUT2D eigenvalue weighted by molar-refractivity contribution is 5.93. The Balaban J connectivity index is 1.50. The average Bonchev–Trinajstić information content (AvgIpc) is 2.90. The molecule has 10 nitrogen and oxygen atoms in total. The van der Waals surface area contributed by atoms with Crippen LogP contribution in [0.2, 0.25) is 0 Å². The fourth-order valence-electron chi connectivity index (χ4n) is 3.18. The number of amides is 1. The molecule has 1 heterocycles. The van der Waals surface area contributed by atoms with Crippen LogP contribution >= 0.6 is 0 Å². The largest absolute Gasteiger partial charge is 0.497 e. The van der Waals surface area contributed by atoms with Crippen molar-refractivity contribution < 1.29 is 14.3 Å². The van der Waals surface area contributed by atoms with E-state index in [4.69, 9.17) is 9.47 Å². The molecule has 3 aromatic carbocycles. The zero-order valence-electron chi connectivity index (χ0n) is 20.2. The number of aromatic nitrogens is 3. The molecule has 36 heavy (non-hydrogen) atoms. The predicted octanol–water partition coefficient (Wildman–Crippen LogP) is 4.74. The van der Waals surface area contributed by atoms with Gasteiger partial charge in [-0.15, -0.1) is 0 Å². The Bertz CT molecular complexity index is 1230. The highest BCUT2D eigenvalue weighted by Crippen LogP contribution is 2.22. The highest BCUT2D eigenvalue weighted by Gasteiger charge is 2.10. The lowest BCUT2D eigenvalue weighted by atomic mass is 10.2. The molecule has 0 aliphatic carbocycles. The third kappa shape index (κ3) is 6.83. The van der Waals surface area contributed by atoms with Crippen LogP contribution in [0.15, 0.2) is 72.8 Å². The molecule has 0 atom stereocenters. The Morgan fingerprint density at radius 1 is 0.667 bits per heavy atom. The SMILES string of the molecule is COc1ccc(Nc2nc(NCC(=O)Nc3ccc(C)cc3)nc(Nc3ccc(OC)cc3)n2)cc1. The van der Waals surface area contributed by atoms with Crippen LogP contribution in [-0.2, 0) is 4.79 Å². The first kappa shape index (κ1) is 24.3. The summed E-state index contributed by atoms with van der Waals surface area (Å²) in [5, 5.41) is 12.1. The van der Waals surface area contributed by atoms with Crippen LogP contribution in [0.1, 0.15) is 5.56 Å². The second-order valence-corrected chi connectivity index (χ2v) is 7.78. The molecule has 1 aromatic heterocycles. The van der Waals surface area contributed by atoms with Crippen molar-refractivity contribution in [3.05, 3.63) is 78.4 Å². The van der Waals surface area contributed by atoms with E-state index in [2.05, 4.69) is 36.2 Å². The first-order valence-electron chi connectivity index (χ1n) is 11.2. The molecule has 0 bridgehead atoms. The van der Waals surface area contributed by atoms with Gasteiger partial charge in [-0.1, -0.05) is 17.7 Å². The van der Waals surface area contributed by atoms with Crippen LogP contribution in [0.5, 0.6) is 11.5 Å². The lowest BCUT2D eigenvalue weighted by Crippen LogP contribution is -2.23. The number of carbonyl (C=O) groups is 1. The van der Waals surface area contributed by atoms with E-state index in [0.29, 0.717) is 17.6 Å². The Hall–Kier alpha value is -4.86. The maximum absolute atomic E-state index is 12.4. The predicted molar refractivity (Wildman–Crippen MR) is 141 cm³/mol. The number of anilines is 6. The summed E-state index contributed by atoms with van der Waals surface area (Å²) < 4.78 is 10.4. The molecule has 4 aromatic rings. The van der Waals surface area contributed by atoms with Crippen molar-refractivity contribution in [2.45, 2.75) is 6.92 Å². The first-order chi connectivity index (χ1) is 17.5. The second-order valence-electron chi connectivity index (χ2n) is 7.78. The molecule has 0 aliphatic rings. The minimum absolute atomic E-state index is 0.0260. The van der Waals surface area contributed by atoms with Gasteiger partial charge in [-0.2, -0.15) is 15.0 Å². The molecule has 0 saturated heterocycles. The summed E-state index contributed by atoms with van der Waals surface area (Å²) in [6, 6.07) is 22.3. The molecule has 0 unspecified atom stereocenters. The monoisotopic (exact) mass is 485 g/mol. The van der Waals surface area contributed by atoms with Gasteiger partial charge in [-0.25, -0.2) is 0 Å². The van der Waals surface area contributed by atoms with Crippen molar-refractivity contribution in [3.63, 3.8) is 0 Å². The van der Waals surface area contributed by atoms with Crippen molar-refractivity contribution in [2.24, 2.45) is 0 Å². The summed E-state index contributed by atoms with van der Waals surface area (Å²) in [5.74, 6) is 2.07. The summed E-state index contributed by atoms with van der Waals surface area (Å²) in [7, 11) is 3.22. The molecule has 10 heteroatoms. The van der Waals surface area contributed by atoms with Gasteiger partial charge in [-0.05, 0) is 67.6 Å². The minimum atomic E-state index is -0.228. The van der Waals surface area contributed by atoms with Crippen molar-refractivity contribution >= 4 is 40.8 Å². The smallest absolute Gasteiger partial charge is 0.243 e. The standard InChI is InChI=1S/C26H27N7O3/c1-17-4-6-18(7-5-17)28-23(34)16-27-24-31-25(29-19-8-12-21(35-2)13-9-19)33-26(32-24)30-20-10-14-22(36-3)15-11-20/h4-15H,16H2,1-3H3,(H,28,34)(H3,27,29,30,31,32,33). The summed E-state index contributed by atoms with van der Waals surface area (Å²) in [6.07, 6.45) is 0. The second kappa shape index (κ2) is 11.5. The van der Waals surface area contributed by atoms with Crippen LogP contribution in [0.3, 0.4) is 0 Å². The third-order valence-electron chi connectivity index (χ3n) is 5.07. The van der Waals surface area contributed by atoms with Gasteiger partial charge in [0.2, 0.25) is 23.8 Å². The molecule has 1 amide bonds. The molecular weight excluding hydrogens is 458 g/mol. The zero-order valence-corrected chi connectivity index (χ0v) is 20.2. The number of nitrogens with one attached hydrogen (secondary N) is 4. The summed E-state index contributed by atoms with van der Waals surface area (Å²) >= 11 is 0. The first-order valence-corrected chi connectivity index (χ1v) is 11.2. The summed E-state index contributed by atoms with van der Waals surface area (Å²) in [5.41, 5.74) is 3.36. The van der Waals surface area contributed by atoms with Gasteiger partial charge in [-0.3, -0.25) is 4.79 Å². The third-order valence-corrected chi connectivity index (χ3v) is 5.07. The quantitative estimate of drug-likeness (QED) is 0.252. The van der Waals surface area contributed by atoms with Gasteiger partial charge in [0.05, 0.1) is 20.8 Å². The maximum Gasteiger partial charge on any atom is 0.243 e. The van der Waals surface area contributed by atoms with Gasteiger partial charge in [0.25, 0.3) is 0 Å². The van der Waals surface area contributed by atoms with E-state index in [0.717, 1.165) is 28.4 Å². The Morgan fingerprint density at radius 2 is 1.11 bits per heavy atom. The number of methoxy groups -OCH3 is 2. The molecule has 0 aliphatic heterocycles. The van der Waals surface area contributed by atoms with E-state index in [1.54, 1.807) is 14.2 Å². The van der Waals surface area contributed by atoms with E-state index >= 15 is 0 Å². The topological polar surface area (TPSA) is 122 Å². The summed E-state index contributed by atoms with van der Waals surface area (Å²) in [4.78, 5) is 25.7. The van der Waals surface area contributed by atoms with Crippen molar-refractivity contribution in [3.8, 4) is 11.5 Å². The average molecular weight is 486 g/mol. The van der Waals surface area contributed by atoms with Gasteiger partial charge in [0.15, 0.2) is 0 Å². The minimum Gasteiger partial charge on any atom is -0.497 e. The lowest BCUT2D eigenvalue weighted by molar-refractivity contribution is -0.114. The number of hydrogen-bond donors (Lipinski definition) is 4. The lowest BCUT2D eigenvalue weighted by Gasteiger charge is -2.12. The van der Waals surface area contributed by atoms with E-state index < -0.39 is 0 Å². The zero-order chi connectivity index (χ0) is 25.3. The number of rotatable bonds is 10. The molecular formula is C26H27N7O3. The maximum atomic E-state index is 12.4. The van der Waals surface area contributed by atoms with E-state index in [9.17, 15) is 4.79 Å². The molecule has 4 N–H and O–H groups in total. The Kier molecular flexibility index (Phi) is 7.76. The normalized spacial score (nSPS) is 10.3. The van der Waals surface area contributed by atoms with Gasteiger partial charge in [0.1, 0.15) is 11.5 Å². The molecule has 0 fully saturated rings. The van der Waals surface area contributed by atoms with Gasteiger partial charge >= 0.3 is 0 Å². The van der Waals surface area contributed by atoms with Gasteiger partial charge in [0, 0.05) is 17.1 Å². The van der Waals surface area contributed by atoms with E-state index in [-0.39, 0.29) is 18.4 Å². The van der Waals surface area contributed by atoms with Crippen molar-refractivity contribution in [1.29, 1.82) is 0 Å². The fourth-order valence-corrected chi connectivity index (χ4v) is 3.18. The van der Waals surface area contributed by atoms with Crippen LogP contribution < -0.4 is 30.7 Å². The van der Waals surface area contributed by atoms with Crippen LogP contribution in [-0.4, -0.2) is 41.6 Å². The van der Waals surface area contributed by atoms with Gasteiger partial charge < -0.3 is 30.7 Å². The number of nitrogens with zero attached hydrogens (tertiary/aromatic N) is 3. The number of aryl methyl sites for hydroxylation is 1. The highest BCUT2D eigenvalue weighted by atomic mass is 16.5. The molecule has 0 saturated carbocycles.